The molecule has 0 aliphatic carbocycles. The predicted octanol–water partition coefficient (Wildman–Crippen LogP) is 11.0. The zero-order valence-corrected chi connectivity index (χ0v) is 29.3. The van der Waals surface area contributed by atoms with E-state index in [1.807, 2.05) is 70.6 Å². The van der Waals surface area contributed by atoms with Gasteiger partial charge in [-0.2, -0.15) is 25.3 Å². The first kappa shape index (κ1) is 30.3. The molecule has 42 heavy (non-hydrogen) atoms. The van der Waals surface area contributed by atoms with Crippen LogP contribution in [0.25, 0.3) is 43.1 Å². The summed E-state index contributed by atoms with van der Waals surface area (Å²) in [5, 5.41) is 10.9. The van der Waals surface area contributed by atoms with Crippen molar-refractivity contribution in [2.45, 2.75) is 9.79 Å². The average molecular weight is 701 g/mol. The van der Waals surface area contributed by atoms with Gasteiger partial charge in [0.2, 0.25) is 0 Å². The second kappa shape index (κ2) is 13.9. The van der Waals surface area contributed by atoms with E-state index in [2.05, 4.69) is 85.9 Å². The van der Waals surface area contributed by atoms with Gasteiger partial charge in [0.1, 0.15) is 0 Å². The zero-order valence-electron chi connectivity index (χ0n) is 22.6. The Morgan fingerprint density at radius 1 is 0.571 bits per heavy atom. The lowest BCUT2D eigenvalue weighted by Gasteiger charge is -2.15. The van der Waals surface area contributed by atoms with Crippen molar-refractivity contribution in [3.8, 4) is 0 Å². The van der Waals surface area contributed by atoms with Gasteiger partial charge < -0.3 is 9.47 Å². The predicted molar refractivity (Wildman–Crippen MR) is 203 cm³/mol. The first-order chi connectivity index (χ1) is 20.8. The standard InChI is InChI=1S/C32H28O2S8/c35-14-10-33-12-16-37-29-30(38-17-13-34-11-15-36)42-32(41-29)31-39-25-18-24-22-7-2-5-19-4-1-6-20(26(19)22)21-8-3-9-23(27(21)24)28(25)40-31/h1-9,18,35-36H,10-17H2. The molecule has 0 spiro atoms. The first-order valence-corrected chi connectivity index (χ1v) is 20.2. The van der Waals surface area contributed by atoms with E-state index < -0.39 is 0 Å². The van der Waals surface area contributed by atoms with Crippen molar-refractivity contribution in [1.29, 1.82) is 0 Å². The van der Waals surface area contributed by atoms with Crippen LogP contribution in [0, 0.1) is 0 Å². The molecule has 0 bridgehead atoms. The summed E-state index contributed by atoms with van der Waals surface area (Å²) in [6.07, 6.45) is 0. The molecule has 0 saturated carbocycles. The first-order valence-electron chi connectivity index (χ1n) is 13.7. The van der Waals surface area contributed by atoms with Crippen LogP contribution in [0.5, 0.6) is 0 Å². The Balaban J connectivity index is 1.21. The maximum absolute atomic E-state index is 5.70. The summed E-state index contributed by atoms with van der Waals surface area (Å²) in [6, 6.07) is 22.8. The van der Waals surface area contributed by atoms with Gasteiger partial charge in [0.15, 0.2) is 0 Å². The van der Waals surface area contributed by atoms with Crippen LogP contribution in [-0.4, -0.2) is 49.4 Å². The molecule has 7 rings (SSSR count). The third-order valence-electron chi connectivity index (χ3n) is 7.06. The summed E-state index contributed by atoms with van der Waals surface area (Å²) in [4.78, 5) is 2.77. The van der Waals surface area contributed by atoms with Crippen LogP contribution in [-0.2, 0) is 9.47 Å². The van der Waals surface area contributed by atoms with Crippen molar-refractivity contribution < 1.29 is 9.47 Å². The molecule has 5 aromatic rings. The van der Waals surface area contributed by atoms with Crippen molar-refractivity contribution in [2.24, 2.45) is 0 Å². The Hall–Kier alpha value is -0.400. The van der Waals surface area contributed by atoms with Gasteiger partial charge >= 0.3 is 0 Å². The lowest BCUT2D eigenvalue weighted by molar-refractivity contribution is 0.167. The molecule has 0 unspecified atom stereocenters. The zero-order chi connectivity index (χ0) is 28.5. The van der Waals surface area contributed by atoms with Gasteiger partial charge in [-0.3, -0.25) is 0 Å². The molecule has 2 aliphatic heterocycles. The maximum atomic E-state index is 5.70. The summed E-state index contributed by atoms with van der Waals surface area (Å²) in [5.74, 6) is 3.41. The highest BCUT2D eigenvalue weighted by molar-refractivity contribution is 8.42. The Kier molecular flexibility index (Phi) is 10.0. The minimum absolute atomic E-state index is 0.701. The van der Waals surface area contributed by atoms with Gasteiger partial charge in [0, 0.05) is 32.8 Å². The second-order valence-electron chi connectivity index (χ2n) is 9.62. The summed E-state index contributed by atoms with van der Waals surface area (Å²) in [6.45, 7) is 2.89. The Labute approximate surface area is 282 Å². The Morgan fingerprint density at radius 2 is 1.12 bits per heavy atom. The minimum Gasteiger partial charge on any atom is -0.380 e. The van der Waals surface area contributed by atoms with Crippen LogP contribution in [0.3, 0.4) is 0 Å². The molecule has 0 radical (unpaired) electrons. The van der Waals surface area contributed by atoms with Crippen molar-refractivity contribution in [3.63, 3.8) is 0 Å². The fourth-order valence-corrected chi connectivity index (χ4v) is 14.3. The molecule has 2 heterocycles. The highest BCUT2D eigenvalue weighted by atomic mass is 32.3. The Morgan fingerprint density at radius 3 is 1.76 bits per heavy atom. The molecule has 0 atom stereocenters. The van der Waals surface area contributed by atoms with Gasteiger partial charge in [-0.05, 0) is 49.2 Å². The molecule has 10 heteroatoms. The van der Waals surface area contributed by atoms with E-state index in [4.69, 9.17) is 9.47 Å². The lowest BCUT2D eigenvalue weighted by atomic mass is 9.90. The molecule has 2 aliphatic rings. The van der Waals surface area contributed by atoms with Crippen LogP contribution < -0.4 is 0 Å². The van der Waals surface area contributed by atoms with Crippen LogP contribution in [0.2, 0.25) is 0 Å². The van der Waals surface area contributed by atoms with Crippen LogP contribution in [0.4, 0.5) is 0 Å². The number of ether oxygens (including phenoxy) is 2. The molecule has 2 nitrogen and oxygen atoms in total. The molecule has 0 N–H and O–H groups in total. The molecule has 0 amide bonds. The van der Waals surface area contributed by atoms with Crippen LogP contribution >= 0.6 is 95.8 Å². The van der Waals surface area contributed by atoms with Gasteiger partial charge in [-0.25, -0.2) is 0 Å². The third kappa shape index (κ3) is 5.95. The molecular formula is C32H28O2S8. The van der Waals surface area contributed by atoms with Crippen molar-refractivity contribution in [2.75, 3.05) is 49.4 Å². The monoisotopic (exact) mass is 700 g/mol. The molecule has 5 aromatic carbocycles. The number of hydrogen-bond donors (Lipinski definition) is 2. The Bertz CT molecular complexity index is 1800. The number of benzene rings is 5. The number of rotatable bonds is 12. The lowest BCUT2D eigenvalue weighted by Crippen LogP contribution is -2.00. The summed E-state index contributed by atoms with van der Waals surface area (Å²) in [5.41, 5.74) is 0. The van der Waals surface area contributed by atoms with Gasteiger partial charge in [0.05, 0.1) is 43.4 Å². The van der Waals surface area contributed by atoms with Gasteiger partial charge in [0.25, 0.3) is 0 Å². The highest BCUT2D eigenvalue weighted by Crippen LogP contribution is 2.65. The van der Waals surface area contributed by atoms with Crippen molar-refractivity contribution in [1.82, 2.24) is 0 Å². The van der Waals surface area contributed by atoms with Crippen LogP contribution in [0.1, 0.15) is 0 Å². The normalized spacial score (nSPS) is 15.5. The smallest absolute Gasteiger partial charge is 0.0717 e. The second-order valence-corrected chi connectivity index (χ2v) is 17.9. The van der Waals surface area contributed by atoms with Crippen molar-refractivity contribution in [3.05, 3.63) is 77.6 Å². The topological polar surface area (TPSA) is 18.5 Å². The number of thioether (sulfide) groups is 6. The largest absolute Gasteiger partial charge is 0.380 e. The van der Waals surface area contributed by atoms with Crippen molar-refractivity contribution >= 4 is 139 Å². The molecular weight excluding hydrogens is 673 g/mol. The fourth-order valence-electron chi connectivity index (χ4n) is 5.39. The SMILES string of the molecule is SCCOCCSC1=C(SCCOCCS)SC(=C2Sc3cc4c5cccc6cccc(c7cccc(c3S2)c74)c65)S1. The molecule has 0 fully saturated rings. The summed E-state index contributed by atoms with van der Waals surface area (Å²) in [7, 11) is 0. The van der Waals surface area contributed by atoms with Gasteiger partial charge in [-0.15, -0.1) is 23.5 Å². The van der Waals surface area contributed by atoms with E-state index in [1.54, 1.807) is 0 Å². The van der Waals surface area contributed by atoms with E-state index in [9.17, 15) is 0 Å². The highest BCUT2D eigenvalue weighted by Gasteiger charge is 2.31. The molecule has 0 aromatic heterocycles. The van der Waals surface area contributed by atoms with E-state index in [1.165, 1.54) is 69.8 Å². The van der Waals surface area contributed by atoms with E-state index in [0.717, 1.165) is 36.2 Å². The van der Waals surface area contributed by atoms with Crippen LogP contribution in [0.15, 0.2) is 87.4 Å². The van der Waals surface area contributed by atoms with E-state index in [0.29, 0.717) is 13.2 Å². The fraction of sp³-hybridized carbons (Fsp3) is 0.250. The average Bonchev–Trinajstić information content (AvgIpc) is 3.64. The minimum atomic E-state index is 0.701. The van der Waals surface area contributed by atoms with E-state index in [-0.39, 0.29) is 0 Å². The quantitative estimate of drug-likeness (QED) is 0.0572. The summed E-state index contributed by atoms with van der Waals surface area (Å²) >= 11 is 20.1. The number of hydrogen-bond acceptors (Lipinski definition) is 10. The molecule has 216 valence electrons. The summed E-state index contributed by atoms with van der Waals surface area (Å²) < 4.78 is 17.0. The number of thiol groups is 2. The number of fused-ring (bicyclic) bond motifs is 4. The van der Waals surface area contributed by atoms with E-state index >= 15 is 0 Å². The third-order valence-corrected chi connectivity index (χ3v) is 16.0. The molecule has 0 saturated heterocycles. The van der Waals surface area contributed by atoms with Gasteiger partial charge in [-0.1, -0.05) is 102 Å². The maximum Gasteiger partial charge on any atom is 0.0717 e.